The Bertz CT molecular complexity index is 751. The number of aromatic nitrogens is 1. The molecule has 1 N–H and O–H groups in total. The van der Waals surface area contributed by atoms with Gasteiger partial charge >= 0.3 is 0 Å². The number of benzene rings is 2. The molecule has 0 spiro atoms. The molecule has 0 radical (unpaired) electrons. The predicted molar refractivity (Wildman–Crippen MR) is 90.1 cm³/mol. The van der Waals surface area contributed by atoms with Gasteiger partial charge < -0.3 is 5.32 Å². The molecule has 1 heterocycles. The molecule has 0 saturated carbocycles. The van der Waals surface area contributed by atoms with Gasteiger partial charge in [0.2, 0.25) is 0 Å². The molecule has 2 aromatic carbocycles. The standard InChI is InChI=1S/C18H17ClN2/c1-13-12-18(16-4-2-3-5-17(16)21-13)20-11-10-14-6-8-15(19)9-7-14/h2-9,12H,10-11H2,1H3,(H,20,21). The fourth-order valence-electron chi connectivity index (χ4n) is 2.45. The van der Waals surface area contributed by atoms with Gasteiger partial charge in [0.1, 0.15) is 0 Å². The van der Waals surface area contributed by atoms with Crippen LogP contribution < -0.4 is 5.32 Å². The Morgan fingerprint density at radius 3 is 2.62 bits per heavy atom. The van der Waals surface area contributed by atoms with Crippen LogP contribution in [0.5, 0.6) is 0 Å². The maximum atomic E-state index is 5.90. The molecule has 0 bridgehead atoms. The minimum Gasteiger partial charge on any atom is -0.384 e. The van der Waals surface area contributed by atoms with Crippen LogP contribution in [0.3, 0.4) is 0 Å². The van der Waals surface area contributed by atoms with E-state index in [9.17, 15) is 0 Å². The van der Waals surface area contributed by atoms with Crippen LogP contribution in [0.25, 0.3) is 10.9 Å². The predicted octanol–water partition coefficient (Wildman–Crippen LogP) is 4.85. The van der Waals surface area contributed by atoms with Gasteiger partial charge in [-0.05, 0) is 43.2 Å². The maximum absolute atomic E-state index is 5.90. The van der Waals surface area contributed by atoms with Gasteiger partial charge in [-0.2, -0.15) is 0 Å². The summed E-state index contributed by atoms with van der Waals surface area (Å²) in [6, 6.07) is 18.3. The second-order valence-electron chi connectivity index (χ2n) is 5.13. The number of hydrogen-bond acceptors (Lipinski definition) is 2. The Labute approximate surface area is 129 Å². The molecule has 3 heteroatoms. The molecule has 0 aliphatic carbocycles. The molecule has 0 unspecified atom stereocenters. The number of nitrogens with one attached hydrogen (secondary N) is 1. The molecular weight excluding hydrogens is 280 g/mol. The lowest BCUT2D eigenvalue weighted by atomic mass is 10.1. The van der Waals surface area contributed by atoms with Gasteiger partial charge in [0.05, 0.1) is 5.52 Å². The zero-order valence-corrected chi connectivity index (χ0v) is 12.7. The highest BCUT2D eigenvalue weighted by molar-refractivity contribution is 6.30. The number of hydrogen-bond donors (Lipinski definition) is 1. The van der Waals surface area contributed by atoms with Crippen molar-refractivity contribution >= 4 is 28.2 Å². The Morgan fingerprint density at radius 1 is 1.05 bits per heavy atom. The van der Waals surface area contributed by atoms with Gasteiger partial charge in [-0.1, -0.05) is 41.9 Å². The molecule has 21 heavy (non-hydrogen) atoms. The summed E-state index contributed by atoms with van der Waals surface area (Å²) < 4.78 is 0. The van der Waals surface area contributed by atoms with E-state index in [1.807, 2.05) is 37.3 Å². The molecule has 0 saturated heterocycles. The number of fused-ring (bicyclic) bond motifs is 1. The topological polar surface area (TPSA) is 24.9 Å². The largest absolute Gasteiger partial charge is 0.384 e. The number of aryl methyl sites for hydroxylation is 1. The second-order valence-corrected chi connectivity index (χ2v) is 5.57. The van der Waals surface area contributed by atoms with E-state index >= 15 is 0 Å². The van der Waals surface area contributed by atoms with Crippen LogP contribution >= 0.6 is 11.6 Å². The highest BCUT2D eigenvalue weighted by Crippen LogP contribution is 2.22. The zero-order chi connectivity index (χ0) is 14.7. The maximum Gasteiger partial charge on any atom is 0.0725 e. The summed E-state index contributed by atoms with van der Waals surface area (Å²) in [5.41, 5.74) is 4.49. The van der Waals surface area contributed by atoms with Crippen molar-refractivity contribution in [3.05, 3.63) is 70.9 Å². The van der Waals surface area contributed by atoms with Crippen LogP contribution in [-0.2, 0) is 6.42 Å². The lowest BCUT2D eigenvalue weighted by Gasteiger charge is -2.11. The number of halogens is 1. The van der Waals surface area contributed by atoms with Crippen molar-refractivity contribution in [2.24, 2.45) is 0 Å². The highest BCUT2D eigenvalue weighted by Gasteiger charge is 2.03. The summed E-state index contributed by atoms with van der Waals surface area (Å²) in [6.07, 6.45) is 0.965. The van der Waals surface area contributed by atoms with Crippen molar-refractivity contribution in [1.29, 1.82) is 0 Å². The molecule has 0 atom stereocenters. The van der Waals surface area contributed by atoms with Crippen LogP contribution in [-0.4, -0.2) is 11.5 Å². The van der Waals surface area contributed by atoms with Crippen LogP contribution in [0, 0.1) is 6.92 Å². The van der Waals surface area contributed by atoms with Crippen molar-refractivity contribution in [3.8, 4) is 0 Å². The summed E-state index contributed by atoms with van der Waals surface area (Å²) in [5.74, 6) is 0. The molecular formula is C18H17ClN2. The summed E-state index contributed by atoms with van der Waals surface area (Å²) in [6.45, 7) is 2.91. The monoisotopic (exact) mass is 296 g/mol. The van der Waals surface area contributed by atoms with Crippen LogP contribution in [0.4, 0.5) is 5.69 Å². The van der Waals surface area contributed by atoms with E-state index in [1.165, 1.54) is 10.9 Å². The third kappa shape index (κ3) is 3.34. The Kier molecular flexibility index (Phi) is 4.07. The first-order chi connectivity index (χ1) is 10.2. The summed E-state index contributed by atoms with van der Waals surface area (Å²) in [5, 5.41) is 5.46. The van der Waals surface area contributed by atoms with Gasteiger partial charge in [0, 0.05) is 28.3 Å². The fourth-order valence-corrected chi connectivity index (χ4v) is 2.57. The van der Waals surface area contributed by atoms with Gasteiger partial charge in [-0.15, -0.1) is 0 Å². The van der Waals surface area contributed by atoms with E-state index in [0.717, 1.165) is 34.9 Å². The molecule has 0 aliphatic rings. The van der Waals surface area contributed by atoms with Crippen LogP contribution in [0.2, 0.25) is 5.02 Å². The number of nitrogens with zero attached hydrogens (tertiary/aromatic N) is 1. The summed E-state index contributed by atoms with van der Waals surface area (Å²) in [7, 11) is 0. The van der Waals surface area contributed by atoms with Crippen molar-refractivity contribution in [3.63, 3.8) is 0 Å². The van der Waals surface area contributed by atoms with Crippen molar-refractivity contribution in [2.45, 2.75) is 13.3 Å². The Morgan fingerprint density at radius 2 is 1.81 bits per heavy atom. The fraction of sp³-hybridized carbons (Fsp3) is 0.167. The van der Waals surface area contributed by atoms with Crippen molar-refractivity contribution < 1.29 is 0 Å². The molecule has 3 aromatic rings. The van der Waals surface area contributed by atoms with E-state index in [2.05, 4.69) is 34.6 Å². The quantitative estimate of drug-likeness (QED) is 0.744. The van der Waals surface area contributed by atoms with Crippen LogP contribution in [0.15, 0.2) is 54.6 Å². The Balaban J connectivity index is 1.74. The first-order valence-corrected chi connectivity index (χ1v) is 7.45. The van der Waals surface area contributed by atoms with E-state index in [1.54, 1.807) is 0 Å². The summed E-state index contributed by atoms with van der Waals surface area (Å²) >= 11 is 5.90. The van der Waals surface area contributed by atoms with E-state index in [4.69, 9.17) is 11.6 Å². The number of pyridine rings is 1. The average Bonchev–Trinajstić information content (AvgIpc) is 2.49. The Hall–Kier alpha value is -2.06. The third-order valence-corrected chi connectivity index (χ3v) is 3.74. The number of para-hydroxylation sites is 1. The van der Waals surface area contributed by atoms with Gasteiger partial charge in [0.25, 0.3) is 0 Å². The van der Waals surface area contributed by atoms with Crippen LogP contribution in [0.1, 0.15) is 11.3 Å². The lowest BCUT2D eigenvalue weighted by molar-refractivity contribution is 1.02. The number of rotatable bonds is 4. The molecule has 0 aliphatic heterocycles. The van der Waals surface area contributed by atoms with Gasteiger partial charge in [-0.25, -0.2) is 0 Å². The molecule has 1 aromatic heterocycles. The lowest BCUT2D eigenvalue weighted by Crippen LogP contribution is -2.06. The average molecular weight is 297 g/mol. The van der Waals surface area contributed by atoms with Crippen molar-refractivity contribution in [2.75, 3.05) is 11.9 Å². The van der Waals surface area contributed by atoms with Gasteiger partial charge in [0.15, 0.2) is 0 Å². The zero-order valence-electron chi connectivity index (χ0n) is 11.9. The third-order valence-electron chi connectivity index (χ3n) is 3.49. The smallest absolute Gasteiger partial charge is 0.0725 e. The van der Waals surface area contributed by atoms with E-state index in [-0.39, 0.29) is 0 Å². The first kappa shape index (κ1) is 13.9. The minimum absolute atomic E-state index is 0.780. The second kappa shape index (κ2) is 6.15. The molecule has 0 amide bonds. The van der Waals surface area contributed by atoms with E-state index < -0.39 is 0 Å². The van der Waals surface area contributed by atoms with Crippen molar-refractivity contribution in [1.82, 2.24) is 4.98 Å². The SMILES string of the molecule is Cc1cc(NCCc2ccc(Cl)cc2)c2ccccc2n1. The number of anilines is 1. The normalized spacial score (nSPS) is 10.8. The minimum atomic E-state index is 0.780. The highest BCUT2D eigenvalue weighted by atomic mass is 35.5. The van der Waals surface area contributed by atoms with Gasteiger partial charge in [-0.3, -0.25) is 4.98 Å². The molecule has 3 rings (SSSR count). The molecule has 2 nitrogen and oxygen atoms in total. The first-order valence-electron chi connectivity index (χ1n) is 7.07. The van der Waals surface area contributed by atoms with E-state index in [0.29, 0.717) is 0 Å². The summed E-state index contributed by atoms with van der Waals surface area (Å²) in [4.78, 5) is 4.56. The molecule has 0 fully saturated rings. The molecule has 106 valence electrons.